The molecule has 16 heavy (non-hydrogen) atoms. The molecule has 0 unspecified atom stereocenters. The zero-order chi connectivity index (χ0) is 12.1. The molecule has 0 saturated carbocycles. The van der Waals surface area contributed by atoms with Crippen LogP contribution in [0.25, 0.3) is 0 Å². The van der Waals surface area contributed by atoms with E-state index in [9.17, 15) is 4.79 Å². The maximum absolute atomic E-state index is 10.3. The van der Waals surface area contributed by atoms with Crippen molar-refractivity contribution in [3.05, 3.63) is 16.5 Å². The Labute approximate surface area is 98.2 Å². The highest BCUT2D eigenvalue weighted by Crippen LogP contribution is 2.17. The van der Waals surface area contributed by atoms with Crippen LogP contribution in [0.3, 0.4) is 0 Å². The number of nitrogens with zero attached hydrogens (tertiary/aromatic N) is 2. The van der Waals surface area contributed by atoms with E-state index in [2.05, 4.69) is 20.0 Å². The van der Waals surface area contributed by atoms with Gasteiger partial charge in [-0.05, 0) is 13.8 Å². The van der Waals surface area contributed by atoms with Gasteiger partial charge in [0.1, 0.15) is 6.61 Å². The molecule has 1 amide bonds. The standard InChI is InChI=1S/C9H13ClN4O2/c1-5-6(2)14-8(7(10)13-5)12-3-4-16-9(11)15/h3-4H2,1-2H3,(H2,11,15)(H,12,14). The van der Waals surface area contributed by atoms with Crippen molar-refractivity contribution >= 4 is 23.5 Å². The second-order valence-electron chi connectivity index (χ2n) is 3.13. The van der Waals surface area contributed by atoms with E-state index < -0.39 is 6.09 Å². The first-order valence-corrected chi connectivity index (χ1v) is 5.05. The van der Waals surface area contributed by atoms with Gasteiger partial charge in [0.15, 0.2) is 11.0 Å². The number of hydrogen-bond donors (Lipinski definition) is 2. The monoisotopic (exact) mass is 244 g/mol. The first kappa shape index (κ1) is 12.5. The molecular weight excluding hydrogens is 232 g/mol. The zero-order valence-electron chi connectivity index (χ0n) is 9.08. The molecule has 0 radical (unpaired) electrons. The molecule has 0 atom stereocenters. The van der Waals surface area contributed by atoms with Gasteiger partial charge in [0, 0.05) is 0 Å². The van der Waals surface area contributed by atoms with E-state index in [1.54, 1.807) is 0 Å². The molecule has 6 nitrogen and oxygen atoms in total. The summed E-state index contributed by atoms with van der Waals surface area (Å²) < 4.78 is 4.54. The Bertz CT molecular complexity index is 397. The smallest absolute Gasteiger partial charge is 0.404 e. The van der Waals surface area contributed by atoms with Crippen molar-refractivity contribution in [3.63, 3.8) is 0 Å². The summed E-state index contributed by atoms with van der Waals surface area (Å²) in [5.41, 5.74) is 6.38. The summed E-state index contributed by atoms with van der Waals surface area (Å²) >= 11 is 5.87. The van der Waals surface area contributed by atoms with Crippen LogP contribution in [0.2, 0.25) is 5.15 Å². The Morgan fingerprint density at radius 1 is 1.44 bits per heavy atom. The van der Waals surface area contributed by atoms with E-state index in [4.69, 9.17) is 17.3 Å². The highest BCUT2D eigenvalue weighted by atomic mass is 35.5. The molecule has 0 aliphatic heterocycles. The maximum Gasteiger partial charge on any atom is 0.404 e. The van der Waals surface area contributed by atoms with Crippen LogP contribution in [-0.2, 0) is 4.74 Å². The van der Waals surface area contributed by atoms with E-state index in [0.717, 1.165) is 11.4 Å². The highest BCUT2D eigenvalue weighted by molar-refractivity contribution is 6.31. The van der Waals surface area contributed by atoms with Gasteiger partial charge in [0.25, 0.3) is 0 Å². The number of rotatable bonds is 4. The van der Waals surface area contributed by atoms with Gasteiger partial charge in [-0.1, -0.05) is 11.6 Å². The van der Waals surface area contributed by atoms with Crippen LogP contribution < -0.4 is 11.1 Å². The van der Waals surface area contributed by atoms with Gasteiger partial charge < -0.3 is 15.8 Å². The largest absolute Gasteiger partial charge is 0.448 e. The van der Waals surface area contributed by atoms with Gasteiger partial charge in [0.05, 0.1) is 17.9 Å². The number of nitrogens with two attached hydrogens (primary N) is 1. The molecule has 0 bridgehead atoms. The summed E-state index contributed by atoms with van der Waals surface area (Å²) in [5.74, 6) is 0.470. The number of anilines is 1. The van der Waals surface area contributed by atoms with Crippen molar-refractivity contribution in [1.82, 2.24) is 9.97 Å². The average molecular weight is 245 g/mol. The van der Waals surface area contributed by atoms with E-state index in [0.29, 0.717) is 17.5 Å². The van der Waals surface area contributed by atoms with Crippen LogP contribution in [0, 0.1) is 13.8 Å². The number of hydrogen-bond acceptors (Lipinski definition) is 5. The third-order valence-electron chi connectivity index (χ3n) is 1.90. The Hall–Kier alpha value is -1.56. The normalized spacial score (nSPS) is 9.94. The van der Waals surface area contributed by atoms with Gasteiger partial charge in [0.2, 0.25) is 0 Å². The first-order chi connectivity index (χ1) is 7.50. The lowest BCUT2D eigenvalue weighted by atomic mass is 10.3. The molecule has 0 aliphatic carbocycles. The molecule has 0 aromatic carbocycles. The molecule has 1 aromatic heterocycles. The number of aryl methyl sites for hydroxylation is 2. The molecule has 1 rings (SSSR count). The van der Waals surface area contributed by atoms with E-state index in [-0.39, 0.29) is 6.61 Å². The summed E-state index contributed by atoms with van der Waals surface area (Å²) in [6.45, 7) is 4.19. The topological polar surface area (TPSA) is 90.1 Å². The van der Waals surface area contributed by atoms with Crippen LogP contribution in [0.5, 0.6) is 0 Å². The average Bonchev–Trinajstić information content (AvgIpc) is 2.19. The van der Waals surface area contributed by atoms with Crippen molar-refractivity contribution < 1.29 is 9.53 Å². The molecule has 0 saturated heterocycles. The molecular formula is C9H13ClN4O2. The fourth-order valence-corrected chi connectivity index (χ4v) is 1.25. The van der Waals surface area contributed by atoms with Crippen molar-refractivity contribution in [1.29, 1.82) is 0 Å². The molecule has 3 N–H and O–H groups in total. The van der Waals surface area contributed by atoms with Crippen LogP contribution in [0.15, 0.2) is 0 Å². The molecule has 0 fully saturated rings. The van der Waals surface area contributed by atoms with Crippen LogP contribution in [-0.4, -0.2) is 29.2 Å². The van der Waals surface area contributed by atoms with Gasteiger partial charge >= 0.3 is 6.09 Å². The number of aromatic nitrogens is 2. The summed E-state index contributed by atoms with van der Waals surface area (Å²) in [5, 5.41) is 3.19. The number of primary amides is 1. The Kier molecular flexibility index (Phi) is 4.30. The second kappa shape index (κ2) is 5.50. The predicted octanol–water partition coefficient (Wildman–Crippen LogP) is 1.25. The van der Waals surface area contributed by atoms with Crippen molar-refractivity contribution in [2.75, 3.05) is 18.5 Å². The minimum absolute atomic E-state index is 0.153. The third kappa shape index (κ3) is 3.54. The minimum atomic E-state index is -0.806. The van der Waals surface area contributed by atoms with Gasteiger partial charge in [-0.2, -0.15) is 0 Å². The molecule has 7 heteroatoms. The number of amides is 1. The molecule has 0 spiro atoms. The summed E-state index contributed by atoms with van der Waals surface area (Å²) in [4.78, 5) is 18.6. The minimum Gasteiger partial charge on any atom is -0.448 e. The fraction of sp³-hybridized carbons (Fsp3) is 0.444. The van der Waals surface area contributed by atoms with Gasteiger partial charge in [-0.15, -0.1) is 0 Å². The van der Waals surface area contributed by atoms with Crippen LogP contribution in [0.4, 0.5) is 10.6 Å². The van der Waals surface area contributed by atoms with Gasteiger partial charge in [-0.25, -0.2) is 14.8 Å². The van der Waals surface area contributed by atoms with Crippen molar-refractivity contribution in [2.24, 2.45) is 5.73 Å². The number of carbonyl (C=O) groups is 1. The molecule has 1 heterocycles. The Balaban J connectivity index is 2.54. The SMILES string of the molecule is Cc1nc(Cl)c(NCCOC(N)=O)nc1C. The van der Waals surface area contributed by atoms with Crippen LogP contribution in [0.1, 0.15) is 11.4 Å². The second-order valence-corrected chi connectivity index (χ2v) is 3.49. The lowest BCUT2D eigenvalue weighted by Crippen LogP contribution is -2.19. The lowest BCUT2D eigenvalue weighted by molar-refractivity contribution is 0.161. The summed E-state index contributed by atoms with van der Waals surface area (Å²) in [6.07, 6.45) is -0.806. The molecule has 88 valence electrons. The fourth-order valence-electron chi connectivity index (χ4n) is 1.01. The van der Waals surface area contributed by atoms with Crippen molar-refractivity contribution in [3.8, 4) is 0 Å². The Morgan fingerprint density at radius 2 is 2.06 bits per heavy atom. The van der Waals surface area contributed by atoms with Gasteiger partial charge in [-0.3, -0.25) is 0 Å². The van der Waals surface area contributed by atoms with E-state index >= 15 is 0 Å². The molecule has 0 aliphatic rings. The number of nitrogens with one attached hydrogen (secondary N) is 1. The predicted molar refractivity (Wildman–Crippen MR) is 60.5 cm³/mol. The molecule has 1 aromatic rings. The van der Waals surface area contributed by atoms with Crippen LogP contribution >= 0.6 is 11.6 Å². The number of halogens is 1. The van der Waals surface area contributed by atoms with Crippen molar-refractivity contribution in [2.45, 2.75) is 13.8 Å². The maximum atomic E-state index is 10.3. The summed E-state index contributed by atoms with van der Waals surface area (Å²) in [7, 11) is 0. The summed E-state index contributed by atoms with van der Waals surface area (Å²) in [6, 6.07) is 0. The number of ether oxygens (including phenoxy) is 1. The lowest BCUT2D eigenvalue weighted by Gasteiger charge is -2.08. The quantitative estimate of drug-likeness (QED) is 0.778. The third-order valence-corrected chi connectivity index (χ3v) is 2.17. The Morgan fingerprint density at radius 3 is 2.69 bits per heavy atom. The van der Waals surface area contributed by atoms with E-state index in [1.165, 1.54) is 0 Å². The number of carbonyl (C=O) groups excluding carboxylic acids is 1. The van der Waals surface area contributed by atoms with E-state index in [1.807, 2.05) is 13.8 Å². The first-order valence-electron chi connectivity index (χ1n) is 4.67. The zero-order valence-corrected chi connectivity index (χ0v) is 9.84. The highest BCUT2D eigenvalue weighted by Gasteiger charge is 2.06.